The van der Waals surface area contributed by atoms with Gasteiger partial charge in [-0.25, -0.2) is 15.0 Å². The van der Waals surface area contributed by atoms with Crippen LogP contribution in [0.2, 0.25) is 0 Å². The van der Waals surface area contributed by atoms with Gasteiger partial charge in [0.2, 0.25) is 11.8 Å². The molecule has 142 valence electrons. The normalized spacial score (nSPS) is 10.7. The number of hydrogen-bond acceptors (Lipinski definition) is 7. The monoisotopic (exact) mass is 377 g/mol. The van der Waals surface area contributed by atoms with Crippen LogP contribution in [0, 0.1) is 0 Å². The third kappa shape index (κ3) is 3.27. The average molecular weight is 377 g/mol. The van der Waals surface area contributed by atoms with Crippen molar-refractivity contribution in [2.75, 3.05) is 26.6 Å². The van der Waals surface area contributed by atoms with E-state index >= 15 is 0 Å². The Hall–Kier alpha value is -3.81. The van der Waals surface area contributed by atoms with Crippen LogP contribution in [-0.2, 0) is 0 Å². The second-order valence-electron chi connectivity index (χ2n) is 5.90. The highest BCUT2D eigenvalue weighted by atomic mass is 16.5. The maximum absolute atomic E-state index is 5.41. The quantitative estimate of drug-likeness (QED) is 0.550. The van der Waals surface area contributed by atoms with Crippen molar-refractivity contribution in [2.24, 2.45) is 0 Å². The van der Waals surface area contributed by atoms with E-state index in [1.165, 1.54) is 0 Å². The molecule has 1 aromatic carbocycles. The van der Waals surface area contributed by atoms with Crippen molar-refractivity contribution in [3.63, 3.8) is 0 Å². The predicted octanol–water partition coefficient (Wildman–Crippen LogP) is 3.56. The molecule has 0 aliphatic rings. The Morgan fingerprint density at radius 1 is 0.893 bits per heavy atom. The molecule has 0 bridgehead atoms. The molecule has 3 heterocycles. The number of rotatable bonds is 6. The number of ether oxygens (including phenoxy) is 3. The number of imidazole rings is 1. The van der Waals surface area contributed by atoms with E-state index in [1.54, 1.807) is 39.8 Å². The Kier molecular flexibility index (Phi) is 4.67. The third-order valence-corrected chi connectivity index (χ3v) is 4.27. The van der Waals surface area contributed by atoms with E-state index in [-0.39, 0.29) is 0 Å². The van der Waals surface area contributed by atoms with Gasteiger partial charge < -0.3 is 19.5 Å². The molecule has 0 fully saturated rings. The molecule has 1 N–H and O–H groups in total. The van der Waals surface area contributed by atoms with Crippen LogP contribution in [0.1, 0.15) is 0 Å². The van der Waals surface area contributed by atoms with Gasteiger partial charge in [0.1, 0.15) is 5.65 Å². The van der Waals surface area contributed by atoms with Gasteiger partial charge in [0.25, 0.3) is 0 Å². The fraction of sp³-hybridized carbons (Fsp3) is 0.150. The molecule has 0 atom stereocenters. The predicted molar refractivity (Wildman–Crippen MR) is 106 cm³/mol. The average Bonchev–Trinajstić information content (AvgIpc) is 3.23. The van der Waals surface area contributed by atoms with Crippen molar-refractivity contribution in [3.8, 4) is 28.6 Å². The van der Waals surface area contributed by atoms with E-state index < -0.39 is 0 Å². The fourth-order valence-electron chi connectivity index (χ4n) is 2.86. The first kappa shape index (κ1) is 17.6. The van der Waals surface area contributed by atoms with Crippen molar-refractivity contribution in [2.45, 2.75) is 0 Å². The SMILES string of the molecule is COc1ccc(Nc2nc(-c3ccc(OC)c(OC)c3)cc3nccn23)cn1. The lowest BCUT2D eigenvalue weighted by Crippen LogP contribution is -2.03. The van der Waals surface area contributed by atoms with Crippen molar-refractivity contribution in [1.82, 2.24) is 19.4 Å². The summed E-state index contributed by atoms with van der Waals surface area (Å²) in [6, 6.07) is 11.2. The molecule has 0 radical (unpaired) electrons. The molecule has 0 aliphatic heterocycles. The summed E-state index contributed by atoms with van der Waals surface area (Å²) in [4.78, 5) is 13.4. The first-order chi connectivity index (χ1) is 13.7. The van der Waals surface area contributed by atoms with Gasteiger partial charge >= 0.3 is 0 Å². The Morgan fingerprint density at radius 2 is 1.75 bits per heavy atom. The van der Waals surface area contributed by atoms with Crippen LogP contribution in [0.15, 0.2) is 55.0 Å². The Bertz CT molecular complexity index is 1110. The zero-order valence-corrected chi connectivity index (χ0v) is 15.7. The van der Waals surface area contributed by atoms with E-state index in [2.05, 4.69) is 15.3 Å². The lowest BCUT2D eigenvalue weighted by Gasteiger charge is -2.12. The van der Waals surface area contributed by atoms with Crippen molar-refractivity contribution < 1.29 is 14.2 Å². The molecular formula is C20H19N5O3. The number of nitrogens with one attached hydrogen (secondary N) is 1. The number of hydrogen-bond donors (Lipinski definition) is 1. The second-order valence-corrected chi connectivity index (χ2v) is 5.90. The molecule has 4 aromatic rings. The Labute approximate surface area is 161 Å². The summed E-state index contributed by atoms with van der Waals surface area (Å²) >= 11 is 0. The van der Waals surface area contributed by atoms with E-state index in [9.17, 15) is 0 Å². The van der Waals surface area contributed by atoms with Gasteiger partial charge in [0.15, 0.2) is 11.5 Å². The van der Waals surface area contributed by atoms with Gasteiger partial charge in [-0.15, -0.1) is 0 Å². The number of anilines is 2. The highest BCUT2D eigenvalue weighted by Crippen LogP contribution is 2.32. The summed E-state index contributed by atoms with van der Waals surface area (Å²) in [7, 11) is 4.80. The number of nitrogens with zero attached hydrogens (tertiary/aromatic N) is 4. The van der Waals surface area contributed by atoms with Crippen molar-refractivity contribution in [1.29, 1.82) is 0 Å². The smallest absolute Gasteiger partial charge is 0.213 e. The lowest BCUT2D eigenvalue weighted by molar-refractivity contribution is 0.355. The summed E-state index contributed by atoms with van der Waals surface area (Å²) < 4.78 is 17.7. The summed E-state index contributed by atoms with van der Waals surface area (Å²) in [5.41, 5.74) is 3.19. The number of benzene rings is 1. The minimum atomic E-state index is 0.547. The number of aromatic nitrogens is 4. The lowest BCUT2D eigenvalue weighted by atomic mass is 10.1. The van der Waals surface area contributed by atoms with Crippen LogP contribution in [0.5, 0.6) is 17.4 Å². The van der Waals surface area contributed by atoms with Gasteiger partial charge in [-0.3, -0.25) is 4.40 Å². The second kappa shape index (κ2) is 7.43. The largest absolute Gasteiger partial charge is 0.493 e. The van der Waals surface area contributed by atoms with Crippen LogP contribution >= 0.6 is 0 Å². The number of methoxy groups -OCH3 is 3. The van der Waals surface area contributed by atoms with Gasteiger partial charge in [0.05, 0.1) is 38.9 Å². The molecule has 8 nitrogen and oxygen atoms in total. The summed E-state index contributed by atoms with van der Waals surface area (Å²) in [5, 5.41) is 3.28. The highest BCUT2D eigenvalue weighted by molar-refractivity contribution is 5.70. The first-order valence-corrected chi connectivity index (χ1v) is 8.55. The molecular weight excluding hydrogens is 358 g/mol. The molecule has 0 amide bonds. The van der Waals surface area contributed by atoms with E-state index in [0.717, 1.165) is 22.6 Å². The molecule has 0 unspecified atom stereocenters. The molecule has 8 heteroatoms. The van der Waals surface area contributed by atoms with E-state index in [1.807, 2.05) is 40.9 Å². The first-order valence-electron chi connectivity index (χ1n) is 8.55. The van der Waals surface area contributed by atoms with Crippen LogP contribution in [0.4, 0.5) is 11.6 Å². The maximum atomic E-state index is 5.41. The van der Waals surface area contributed by atoms with Crippen LogP contribution < -0.4 is 19.5 Å². The van der Waals surface area contributed by atoms with E-state index in [4.69, 9.17) is 19.2 Å². The van der Waals surface area contributed by atoms with Gasteiger partial charge in [-0.1, -0.05) is 0 Å². The van der Waals surface area contributed by atoms with Crippen LogP contribution in [0.25, 0.3) is 16.9 Å². The third-order valence-electron chi connectivity index (χ3n) is 4.27. The zero-order valence-electron chi connectivity index (χ0n) is 15.7. The number of pyridine rings is 1. The van der Waals surface area contributed by atoms with E-state index in [0.29, 0.717) is 23.3 Å². The number of fused-ring (bicyclic) bond motifs is 1. The zero-order chi connectivity index (χ0) is 19.5. The molecule has 28 heavy (non-hydrogen) atoms. The molecule has 0 saturated carbocycles. The molecule has 0 spiro atoms. The molecule has 0 saturated heterocycles. The molecule has 4 rings (SSSR count). The Balaban J connectivity index is 1.76. The van der Waals surface area contributed by atoms with Crippen LogP contribution in [-0.4, -0.2) is 40.7 Å². The minimum Gasteiger partial charge on any atom is -0.493 e. The fourth-order valence-corrected chi connectivity index (χ4v) is 2.86. The molecule has 0 aliphatic carbocycles. The van der Waals surface area contributed by atoms with Gasteiger partial charge in [0, 0.05) is 30.1 Å². The maximum Gasteiger partial charge on any atom is 0.213 e. The van der Waals surface area contributed by atoms with Crippen molar-refractivity contribution in [3.05, 3.63) is 55.0 Å². The van der Waals surface area contributed by atoms with Gasteiger partial charge in [-0.05, 0) is 24.3 Å². The molecule has 3 aromatic heterocycles. The van der Waals surface area contributed by atoms with Crippen molar-refractivity contribution >= 4 is 17.3 Å². The van der Waals surface area contributed by atoms with Gasteiger partial charge in [-0.2, -0.15) is 0 Å². The Morgan fingerprint density at radius 3 is 2.46 bits per heavy atom. The summed E-state index contributed by atoms with van der Waals surface area (Å²) in [6.45, 7) is 0. The minimum absolute atomic E-state index is 0.547. The highest BCUT2D eigenvalue weighted by Gasteiger charge is 2.12. The standard InChI is InChI=1S/C20H19N5O3/c1-26-16-6-4-13(10-17(16)27-2)15-11-18-21-8-9-25(18)20(24-15)23-14-5-7-19(28-3)22-12-14/h4-12H,1-3H3,(H,23,24). The summed E-state index contributed by atoms with van der Waals surface area (Å²) in [5.74, 6) is 2.46. The summed E-state index contributed by atoms with van der Waals surface area (Å²) in [6.07, 6.45) is 5.26. The van der Waals surface area contributed by atoms with Crippen LogP contribution in [0.3, 0.4) is 0 Å². The topological polar surface area (TPSA) is 82.8 Å².